The molecule has 0 spiro atoms. The molecule has 17 heavy (non-hydrogen) atoms. The topological polar surface area (TPSA) is 39.7 Å². The van der Waals surface area contributed by atoms with Crippen molar-refractivity contribution < 1.29 is 14.2 Å². The highest BCUT2D eigenvalue weighted by Gasteiger charge is 2.24. The Bertz CT molecular complexity index is 326. The van der Waals surface area contributed by atoms with E-state index in [1.54, 1.807) is 21.3 Å². The Labute approximate surface area is 103 Å². The summed E-state index contributed by atoms with van der Waals surface area (Å²) in [7, 11) is 4.93. The van der Waals surface area contributed by atoms with E-state index in [2.05, 4.69) is 5.32 Å². The van der Waals surface area contributed by atoms with Crippen LogP contribution in [0.5, 0.6) is 5.75 Å². The summed E-state index contributed by atoms with van der Waals surface area (Å²) in [4.78, 5) is 0. The number of nitrogens with one attached hydrogen (secondary N) is 1. The summed E-state index contributed by atoms with van der Waals surface area (Å²) >= 11 is 0. The zero-order valence-electron chi connectivity index (χ0n) is 10.9. The number of ether oxygens (including phenoxy) is 3. The summed E-state index contributed by atoms with van der Waals surface area (Å²) in [5.41, 5.74) is 1.03. The molecule has 0 aromatic heterocycles. The van der Waals surface area contributed by atoms with E-state index in [1.165, 1.54) is 0 Å². The van der Waals surface area contributed by atoms with Crippen molar-refractivity contribution in [1.29, 1.82) is 0 Å². The van der Waals surface area contributed by atoms with Crippen LogP contribution in [0.1, 0.15) is 18.5 Å². The Morgan fingerprint density at radius 1 is 1.12 bits per heavy atom. The third kappa shape index (κ3) is 3.43. The second kappa shape index (κ2) is 7.27. The summed E-state index contributed by atoms with van der Waals surface area (Å²) in [6, 6.07) is 7.81. The van der Waals surface area contributed by atoms with Gasteiger partial charge in [0.15, 0.2) is 6.29 Å². The molecule has 1 N–H and O–H groups in total. The molecule has 1 rings (SSSR count). The Hall–Kier alpha value is -1.10. The lowest BCUT2D eigenvalue weighted by molar-refractivity contribution is -0.124. The quantitative estimate of drug-likeness (QED) is 0.738. The van der Waals surface area contributed by atoms with E-state index < -0.39 is 0 Å². The second-order valence-electron chi connectivity index (χ2n) is 3.62. The minimum Gasteiger partial charge on any atom is -0.496 e. The average molecular weight is 239 g/mol. The SMILES string of the molecule is CCNC(c1ccccc1OC)C(OC)OC. The zero-order valence-corrected chi connectivity index (χ0v) is 10.9. The summed E-state index contributed by atoms with van der Waals surface area (Å²) in [6.45, 7) is 2.87. The summed E-state index contributed by atoms with van der Waals surface area (Å²) in [5.74, 6) is 0.831. The fourth-order valence-electron chi connectivity index (χ4n) is 1.86. The van der Waals surface area contributed by atoms with Crippen LogP contribution in [0, 0.1) is 0 Å². The van der Waals surface area contributed by atoms with Gasteiger partial charge in [-0.1, -0.05) is 25.1 Å². The molecule has 0 bridgehead atoms. The predicted octanol–water partition coefficient (Wildman–Crippen LogP) is 1.96. The maximum Gasteiger partial charge on any atom is 0.176 e. The van der Waals surface area contributed by atoms with Crippen LogP contribution in [0.4, 0.5) is 0 Å². The summed E-state index contributed by atoms with van der Waals surface area (Å²) in [6.07, 6.45) is -0.341. The van der Waals surface area contributed by atoms with Gasteiger partial charge in [0.25, 0.3) is 0 Å². The first-order valence-corrected chi connectivity index (χ1v) is 5.70. The van der Waals surface area contributed by atoms with Gasteiger partial charge in [0.05, 0.1) is 13.2 Å². The highest BCUT2D eigenvalue weighted by atomic mass is 16.7. The molecule has 1 unspecified atom stereocenters. The number of para-hydroxylation sites is 1. The first-order valence-electron chi connectivity index (χ1n) is 5.70. The van der Waals surface area contributed by atoms with Gasteiger partial charge in [-0.15, -0.1) is 0 Å². The number of methoxy groups -OCH3 is 3. The van der Waals surface area contributed by atoms with Gasteiger partial charge in [0, 0.05) is 19.8 Å². The number of rotatable bonds is 7. The van der Waals surface area contributed by atoms with Gasteiger partial charge in [-0.2, -0.15) is 0 Å². The van der Waals surface area contributed by atoms with Crippen molar-refractivity contribution in [3.63, 3.8) is 0 Å². The number of benzene rings is 1. The van der Waals surface area contributed by atoms with E-state index in [0.29, 0.717) is 0 Å². The summed E-state index contributed by atoms with van der Waals surface area (Å²) in [5, 5.41) is 3.35. The van der Waals surface area contributed by atoms with Crippen LogP contribution in [0.25, 0.3) is 0 Å². The van der Waals surface area contributed by atoms with Gasteiger partial charge in [-0.25, -0.2) is 0 Å². The average Bonchev–Trinajstić information content (AvgIpc) is 2.39. The largest absolute Gasteiger partial charge is 0.496 e. The van der Waals surface area contributed by atoms with Crippen LogP contribution in [0.3, 0.4) is 0 Å². The van der Waals surface area contributed by atoms with Crippen LogP contribution in [-0.2, 0) is 9.47 Å². The lowest BCUT2D eigenvalue weighted by atomic mass is 10.0. The van der Waals surface area contributed by atoms with Gasteiger partial charge in [-0.05, 0) is 12.6 Å². The minimum atomic E-state index is -0.341. The molecule has 4 nitrogen and oxygen atoms in total. The predicted molar refractivity (Wildman–Crippen MR) is 67.2 cm³/mol. The first kappa shape index (κ1) is 14.0. The fraction of sp³-hybridized carbons (Fsp3) is 0.538. The summed E-state index contributed by atoms with van der Waals surface area (Å²) < 4.78 is 16.0. The molecule has 1 aromatic rings. The Morgan fingerprint density at radius 2 is 1.76 bits per heavy atom. The maximum atomic E-state index is 5.36. The minimum absolute atomic E-state index is 0.0499. The van der Waals surface area contributed by atoms with Crippen LogP contribution >= 0.6 is 0 Å². The van der Waals surface area contributed by atoms with E-state index in [1.807, 2.05) is 31.2 Å². The number of hydrogen-bond donors (Lipinski definition) is 1. The van der Waals surface area contributed by atoms with Crippen molar-refractivity contribution in [2.24, 2.45) is 0 Å². The molecule has 1 atom stereocenters. The van der Waals surface area contributed by atoms with Crippen molar-refractivity contribution in [2.75, 3.05) is 27.9 Å². The third-order valence-corrected chi connectivity index (χ3v) is 2.63. The second-order valence-corrected chi connectivity index (χ2v) is 3.62. The van der Waals surface area contributed by atoms with Crippen LogP contribution in [0.15, 0.2) is 24.3 Å². The van der Waals surface area contributed by atoms with E-state index in [4.69, 9.17) is 14.2 Å². The molecule has 4 heteroatoms. The molecule has 0 amide bonds. The van der Waals surface area contributed by atoms with Crippen molar-refractivity contribution in [3.8, 4) is 5.75 Å². The maximum absolute atomic E-state index is 5.36. The molecular weight excluding hydrogens is 218 g/mol. The lowest BCUT2D eigenvalue weighted by Gasteiger charge is -2.27. The fourth-order valence-corrected chi connectivity index (χ4v) is 1.86. The molecule has 96 valence electrons. The van der Waals surface area contributed by atoms with Crippen molar-refractivity contribution in [3.05, 3.63) is 29.8 Å². The molecular formula is C13H21NO3. The Balaban J connectivity index is 3.03. The third-order valence-electron chi connectivity index (χ3n) is 2.63. The number of likely N-dealkylation sites (N-methyl/N-ethyl adjacent to an activating group) is 1. The molecule has 0 radical (unpaired) electrons. The van der Waals surface area contributed by atoms with Gasteiger partial charge in [0.2, 0.25) is 0 Å². The van der Waals surface area contributed by atoms with E-state index in [0.717, 1.165) is 17.9 Å². The highest BCUT2D eigenvalue weighted by molar-refractivity contribution is 5.36. The van der Waals surface area contributed by atoms with Crippen molar-refractivity contribution in [1.82, 2.24) is 5.32 Å². The lowest BCUT2D eigenvalue weighted by Crippen LogP contribution is -2.34. The van der Waals surface area contributed by atoms with E-state index in [-0.39, 0.29) is 12.3 Å². The van der Waals surface area contributed by atoms with Gasteiger partial charge in [-0.3, -0.25) is 0 Å². The molecule has 1 aromatic carbocycles. The van der Waals surface area contributed by atoms with Gasteiger partial charge in [0.1, 0.15) is 5.75 Å². The van der Waals surface area contributed by atoms with Crippen LogP contribution in [-0.4, -0.2) is 34.2 Å². The van der Waals surface area contributed by atoms with E-state index in [9.17, 15) is 0 Å². The molecule has 0 aliphatic carbocycles. The van der Waals surface area contributed by atoms with Crippen molar-refractivity contribution in [2.45, 2.75) is 19.3 Å². The smallest absolute Gasteiger partial charge is 0.176 e. The Kier molecular flexibility index (Phi) is 5.97. The Morgan fingerprint density at radius 3 is 2.29 bits per heavy atom. The van der Waals surface area contributed by atoms with Gasteiger partial charge < -0.3 is 19.5 Å². The zero-order chi connectivity index (χ0) is 12.7. The molecule has 0 aliphatic rings. The monoisotopic (exact) mass is 239 g/mol. The molecule has 0 fully saturated rings. The van der Waals surface area contributed by atoms with Crippen LogP contribution in [0.2, 0.25) is 0 Å². The first-order chi connectivity index (χ1) is 8.28. The standard InChI is InChI=1S/C13H21NO3/c1-5-14-12(13(16-3)17-4)10-8-6-7-9-11(10)15-2/h6-9,12-14H,5H2,1-4H3. The molecule has 0 aliphatic heterocycles. The molecule has 0 saturated heterocycles. The normalized spacial score (nSPS) is 12.8. The highest BCUT2D eigenvalue weighted by Crippen LogP contribution is 2.28. The molecule has 0 saturated carbocycles. The molecule has 0 heterocycles. The van der Waals surface area contributed by atoms with E-state index >= 15 is 0 Å². The van der Waals surface area contributed by atoms with Gasteiger partial charge >= 0.3 is 0 Å². The number of hydrogen-bond acceptors (Lipinski definition) is 4. The van der Waals surface area contributed by atoms with Crippen molar-refractivity contribution >= 4 is 0 Å². The van der Waals surface area contributed by atoms with Crippen LogP contribution < -0.4 is 10.1 Å².